The SMILES string of the molecule is CSC1(CNc2cccc(NN)c2[N+](=O)[O-])CCCC1. The minimum absolute atomic E-state index is 0.00394. The number of nitrogens with one attached hydrogen (secondary N) is 2. The van der Waals surface area contributed by atoms with Crippen LogP contribution >= 0.6 is 11.8 Å². The number of nitro benzene ring substituents is 1. The predicted octanol–water partition coefficient (Wildman–Crippen LogP) is 2.97. The Morgan fingerprint density at radius 1 is 1.40 bits per heavy atom. The van der Waals surface area contributed by atoms with Crippen molar-refractivity contribution in [3.63, 3.8) is 0 Å². The van der Waals surface area contributed by atoms with Crippen LogP contribution in [0.2, 0.25) is 0 Å². The van der Waals surface area contributed by atoms with Crippen molar-refractivity contribution in [2.75, 3.05) is 23.5 Å². The monoisotopic (exact) mass is 296 g/mol. The van der Waals surface area contributed by atoms with Crippen molar-refractivity contribution in [1.29, 1.82) is 0 Å². The molecule has 6 nitrogen and oxygen atoms in total. The van der Waals surface area contributed by atoms with Crippen LogP contribution in [0.25, 0.3) is 0 Å². The van der Waals surface area contributed by atoms with Gasteiger partial charge in [-0.05, 0) is 31.2 Å². The van der Waals surface area contributed by atoms with Crippen LogP contribution < -0.4 is 16.6 Å². The van der Waals surface area contributed by atoms with Gasteiger partial charge in [0.25, 0.3) is 0 Å². The van der Waals surface area contributed by atoms with E-state index in [4.69, 9.17) is 5.84 Å². The Kier molecular flexibility index (Phi) is 4.72. The first-order valence-electron chi connectivity index (χ1n) is 6.65. The molecule has 110 valence electrons. The molecule has 4 N–H and O–H groups in total. The molecule has 1 saturated carbocycles. The van der Waals surface area contributed by atoms with E-state index in [0.29, 0.717) is 11.4 Å². The number of benzene rings is 1. The molecule has 0 spiro atoms. The molecule has 1 aliphatic carbocycles. The van der Waals surface area contributed by atoms with Gasteiger partial charge in [0.2, 0.25) is 0 Å². The van der Waals surface area contributed by atoms with E-state index in [1.807, 2.05) is 11.8 Å². The summed E-state index contributed by atoms with van der Waals surface area (Å²) in [5, 5.41) is 14.5. The van der Waals surface area contributed by atoms with E-state index in [1.54, 1.807) is 18.2 Å². The van der Waals surface area contributed by atoms with Crippen LogP contribution in [-0.2, 0) is 0 Å². The third-order valence-electron chi connectivity index (χ3n) is 3.92. The predicted molar refractivity (Wildman–Crippen MR) is 84.1 cm³/mol. The zero-order valence-electron chi connectivity index (χ0n) is 11.5. The molecule has 1 aliphatic rings. The molecule has 0 amide bonds. The van der Waals surface area contributed by atoms with E-state index in [2.05, 4.69) is 17.0 Å². The topological polar surface area (TPSA) is 93.2 Å². The summed E-state index contributed by atoms with van der Waals surface area (Å²) in [7, 11) is 0. The van der Waals surface area contributed by atoms with Gasteiger partial charge in [0.15, 0.2) is 0 Å². The molecule has 20 heavy (non-hydrogen) atoms. The van der Waals surface area contributed by atoms with Crippen LogP contribution in [0.4, 0.5) is 17.1 Å². The van der Waals surface area contributed by atoms with Gasteiger partial charge in [0.1, 0.15) is 11.4 Å². The highest BCUT2D eigenvalue weighted by Crippen LogP contribution is 2.41. The summed E-state index contributed by atoms with van der Waals surface area (Å²) in [4.78, 5) is 10.8. The Bertz CT molecular complexity index is 489. The lowest BCUT2D eigenvalue weighted by Gasteiger charge is -2.27. The Morgan fingerprint density at radius 3 is 2.60 bits per heavy atom. The van der Waals surface area contributed by atoms with Gasteiger partial charge in [-0.15, -0.1) is 0 Å². The zero-order valence-corrected chi connectivity index (χ0v) is 12.3. The van der Waals surface area contributed by atoms with Gasteiger partial charge >= 0.3 is 5.69 Å². The van der Waals surface area contributed by atoms with Crippen molar-refractivity contribution in [2.24, 2.45) is 5.84 Å². The van der Waals surface area contributed by atoms with E-state index in [9.17, 15) is 10.1 Å². The Labute approximate surface area is 122 Å². The van der Waals surface area contributed by atoms with Crippen LogP contribution in [0.3, 0.4) is 0 Å². The summed E-state index contributed by atoms with van der Waals surface area (Å²) in [6, 6.07) is 5.08. The van der Waals surface area contributed by atoms with Crippen LogP contribution in [-0.4, -0.2) is 22.5 Å². The second-order valence-electron chi connectivity index (χ2n) is 5.05. The van der Waals surface area contributed by atoms with Gasteiger partial charge in [0.05, 0.1) is 4.92 Å². The molecule has 0 saturated heterocycles. The summed E-state index contributed by atoms with van der Waals surface area (Å²) in [6.07, 6.45) is 6.89. The van der Waals surface area contributed by atoms with Crippen molar-refractivity contribution < 1.29 is 4.92 Å². The van der Waals surface area contributed by atoms with Gasteiger partial charge in [-0.25, -0.2) is 0 Å². The number of anilines is 2. The number of rotatable bonds is 6. The number of para-hydroxylation sites is 1. The van der Waals surface area contributed by atoms with Crippen molar-refractivity contribution in [3.8, 4) is 0 Å². The summed E-state index contributed by atoms with van der Waals surface area (Å²) in [5.41, 5.74) is 3.23. The van der Waals surface area contributed by atoms with Crippen molar-refractivity contribution in [3.05, 3.63) is 28.3 Å². The van der Waals surface area contributed by atoms with Gasteiger partial charge in [-0.3, -0.25) is 16.0 Å². The highest BCUT2D eigenvalue weighted by Gasteiger charge is 2.33. The average molecular weight is 296 g/mol. The van der Waals surface area contributed by atoms with E-state index in [1.165, 1.54) is 12.8 Å². The summed E-state index contributed by atoms with van der Waals surface area (Å²) < 4.78 is 0.194. The lowest BCUT2D eigenvalue weighted by atomic mass is 10.1. The van der Waals surface area contributed by atoms with E-state index < -0.39 is 4.92 Å². The molecule has 0 unspecified atom stereocenters. The fraction of sp³-hybridized carbons (Fsp3) is 0.538. The first-order valence-corrected chi connectivity index (χ1v) is 7.87. The number of nitrogens with zero attached hydrogens (tertiary/aromatic N) is 1. The summed E-state index contributed by atoms with van der Waals surface area (Å²) in [6.45, 7) is 0.739. The van der Waals surface area contributed by atoms with Gasteiger partial charge in [0, 0.05) is 11.3 Å². The van der Waals surface area contributed by atoms with E-state index >= 15 is 0 Å². The Hall–Kier alpha value is -1.47. The number of nitrogen functional groups attached to an aromatic ring is 1. The maximum Gasteiger partial charge on any atom is 0.316 e. The fourth-order valence-corrected chi connectivity index (χ4v) is 3.64. The molecule has 0 aliphatic heterocycles. The highest BCUT2D eigenvalue weighted by molar-refractivity contribution is 8.00. The number of hydrazine groups is 1. The third-order valence-corrected chi connectivity index (χ3v) is 5.34. The molecular formula is C13H20N4O2S. The molecule has 0 atom stereocenters. The zero-order chi connectivity index (χ0) is 14.6. The molecule has 0 bridgehead atoms. The standard InChI is InChI=1S/C13H20N4O2S/c1-20-13(7-2-3-8-13)9-15-10-5-4-6-11(16-14)12(10)17(18)19/h4-6,15-16H,2-3,7-9,14H2,1H3. The van der Waals surface area contributed by atoms with Gasteiger partial charge < -0.3 is 10.7 Å². The lowest BCUT2D eigenvalue weighted by molar-refractivity contribution is -0.383. The maximum atomic E-state index is 11.2. The Morgan fingerprint density at radius 2 is 2.05 bits per heavy atom. The van der Waals surface area contributed by atoms with Crippen LogP contribution in [0.15, 0.2) is 18.2 Å². The molecule has 1 aromatic carbocycles. The summed E-state index contributed by atoms with van der Waals surface area (Å²) >= 11 is 1.85. The maximum absolute atomic E-state index is 11.2. The largest absolute Gasteiger partial charge is 0.378 e. The number of nitro groups is 1. The Balaban J connectivity index is 2.19. The van der Waals surface area contributed by atoms with Crippen molar-refractivity contribution in [2.45, 2.75) is 30.4 Å². The van der Waals surface area contributed by atoms with Crippen molar-refractivity contribution in [1.82, 2.24) is 0 Å². The normalized spacial score (nSPS) is 16.9. The van der Waals surface area contributed by atoms with Crippen LogP contribution in [0.1, 0.15) is 25.7 Å². The second-order valence-corrected chi connectivity index (χ2v) is 6.33. The molecule has 2 rings (SSSR count). The lowest BCUT2D eigenvalue weighted by Crippen LogP contribution is -2.30. The quantitative estimate of drug-likeness (QED) is 0.424. The molecule has 1 fully saturated rings. The fourth-order valence-electron chi connectivity index (χ4n) is 2.73. The first kappa shape index (κ1) is 14.9. The molecule has 0 aromatic heterocycles. The first-order chi connectivity index (χ1) is 9.62. The number of hydrogen-bond acceptors (Lipinski definition) is 6. The molecule has 0 radical (unpaired) electrons. The summed E-state index contributed by atoms with van der Waals surface area (Å²) in [5.74, 6) is 5.34. The number of nitrogens with two attached hydrogens (primary N) is 1. The van der Waals surface area contributed by atoms with Crippen LogP contribution in [0.5, 0.6) is 0 Å². The third kappa shape index (κ3) is 2.99. The smallest absolute Gasteiger partial charge is 0.316 e. The average Bonchev–Trinajstić information content (AvgIpc) is 2.93. The molecule has 1 aromatic rings. The number of hydrogen-bond donors (Lipinski definition) is 3. The van der Waals surface area contributed by atoms with E-state index in [0.717, 1.165) is 19.4 Å². The van der Waals surface area contributed by atoms with Gasteiger partial charge in [-0.1, -0.05) is 18.9 Å². The van der Waals surface area contributed by atoms with Crippen molar-refractivity contribution >= 4 is 28.8 Å². The van der Waals surface area contributed by atoms with Gasteiger partial charge in [-0.2, -0.15) is 11.8 Å². The molecule has 0 heterocycles. The molecule has 7 heteroatoms. The highest BCUT2D eigenvalue weighted by atomic mass is 32.2. The molecular weight excluding hydrogens is 276 g/mol. The van der Waals surface area contributed by atoms with Crippen LogP contribution in [0, 0.1) is 10.1 Å². The second kappa shape index (κ2) is 6.32. The van der Waals surface area contributed by atoms with E-state index in [-0.39, 0.29) is 10.4 Å². The number of thioether (sulfide) groups is 1. The minimum atomic E-state index is -0.405. The minimum Gasteiger partial charge on any atom is -0.378 e.